The van der Waals surface area contributed by atoms with Gasteiger partial charge in [0, 0.05) is 23.8 Å². The highest BCUT2D eigenvalue weighted by molar-refractivity contribution is 5.94. The minimum absolute atomic E-state index is 0.0372. The summed E-state index contributed by atoms with van der Waals surface area (Å²) in [6, 6.07) is 5.10. The van der Waals surface area contributed by atoms with Crippen molar-refractivity contribution in [3.63, 3.8) is 0 Å². The quantitative estimate of drug-likeness (QED) is 0.508. The highest BCUT2D eigenvalue weighted by Crippen LogP contribution is 2.29. The third-order valence-corrected chi connectivity index (χ3v) is 2.15. The number of rotatable bonds is 0. The lowest BCUT2D eigenvalue weighted by Crippen LogP contribution is -2.27. The van der Waals surface area contributed by atoms with Crippen LogP contribution in [0.3, 0.4) is 0 Å². The Balaban J connectivity index is 2.49. The number of nitrogens with two attached hydrogens (primary N) is 2. The summed E-state index contributed by atoms with van der Waals surface area (Å²) in [6.07, 6.45) is 0.330. The maximum atomic E-state index is 11.1. The Labute approximate surface area is 75.9 Å². The van der Waals surface area contributed by atoms with Crippen LogP contribution in [-0.2, 0) is 4.79 Å². The Hall–Kier alpha value is -1.55. The van der Waals surface area contributed by atoms with E-state index in [0.29, 0.717) is 12.1 Å². The van der Waals surface area contributed by atoms with E-state index in [-0.39, 0.29) is 11.9 Å². The van der Waals surface area contributed by atoms with Gasteiger partial charge < -0.3 is 16.8 Å². The molecule has 0 aliphatic carbocycles. The molecule has 0 aromatic heterocycles. The molecule has 1 aromatic rings. The van der Waals surface area contributed by atoms with Crippen LogP contribution < -0.4 is 16.8 Å². The molecule has 0 fully saturated rings. The lowest BCUT2D eigenvalue weighted by Gasteiger charge is -2.22. The molecule has 1 unspecified atom stereocenters. The largest absolute Gasteiger partial charge is 0.399 e. The van der Waals surface area contributed by atoms with Crippen molar-refractivity contribution in [2.24, 2.45) is 5.73 Å². The van der Waals surface area contributed by atoms with Crippen molar-refractivity contribution in [3.8, 4) is 0 Å². The fraction of sp³-hybridized carbons (Fsp3) is 0.222. The highest BCUT2D eigenvalue weighted by Gasteiger charge is 2.21. The summed E-state index contributed by atoms with van der Waals surface area (Å²) in [4.78, 5) is 11.1. The van der Waals surface area contributed by atoms with Crippen molar-refractivity contribution in [2.75, 3.05) is 11.1 Å². The molecule has 68 valence electrons. The first-order chi connectivity index (χ1) is 6.16. The summed E-state index contributed by atoms with van der Waals surface area (Å²) < 4.78 is 0. The molecular formula is C9H11N3O. The summed E-state index contributed by atoms with van der Waals surface area (Å²) in [6.45, 7) is 0. The Kier molecular flexibility index (Phi) is 1.70. The van der Waals surface area contributed by atoms with E-state index in [1.54, 1.807) is 18.2 Å². The highest BCUT2D eigenvalue weighted by atomic mass is 16.1. The third kappa shape index (κ3) is 1.36. The number of anilines is 2. The summed E-state index contributed by atoms with van der Waals surface area (Å²) >= 11 is 0. The van der Waals surface area contributed by atoms with Gasteiger partial charge in [-0.25, -0.2) is 0 Å². The second kappa shape index (κ2) is 2.74. The maximum absolute atomic E-state index is 11.1. The van der Waals surface area contributed by atoms with Gasteiger partial charge in [0.05, 0.1) is 0 Å². The average molecular weight is 177 g/mol. The fourth-order valence-electron chi connectivity index (χ4n) is 1.51. The van der Waals surface area contributed by atoms with Crippen LogP contribution in [0, 0.1) is 0 Å². The van der Waals surface area contributed by atoms with Gasteiger partial charge in [-0.2, -0.15) is 0 Å². The first-order valence-electron chi connectivity index (χ1n) is 4.11. The van der Waals surface area contributed by atoms with Crippen LogP contribution >= 0.6 is 0 Å². The number of hydrogen-bond donors (Lipinski definition) is 3. The Bertz CT molecular complexity index is 362. The van der Waals surface area contributed by atoms with E-state index in [2.05, 4.69) is 5.32 Å². The lowest BCUT2D eigenvalue weighted by molar-refractivity contribution is -0.116. The molecule has 2 rings (SSSR count). The van der Waals surface area contributed by atoms with Crippen LogP contribution in [0.5, 0.6) is 0 Å². The number of carbonyl (C=O) groups excluding carboxylic acids is 1. The van der Waals surface area contributed by atoms with E-state index in [1.807, 2.05) is 0 Å². The smallest absolute Gasteiger partial charge is 0.226 e. The topological polar surface area (TPSA) is 81.1 Å². The van der Waals surface area contributed by atoms with Gasteiger partial charge in [-0.15, -0.1) is 0 Å². The maximum Gasteiger partial charge on any atom is 0.226 e. The first-order valence-corrected chi connectivity index (χ1v) is 4.11. The second-order valence-electron chi connectivity index (χ2n) is 3.21. The fourth-order valence-corrected chi connectivity index (χ4v) is 1.51. The van der Waals surface area contributed by atoms with Crippen LogP contribution in [0.15, 0.2) is 18.2 Å². The van der Waals surface area contributed by atoms with Crippen molar-refractivity contribution in [1.82, 2.24) is 0 Å². The van der Waals surface area contributed by atoms with Crippen LogP contribution in [-0.4, -0.2) is 5.91 Å². The Morgan fingerprint density at radius 1 is 1.46 bits per heavy atom. The van der Waals surface area contributed by atoms with Gasteiger partial charge in [-0.05, 0) is 23.8 Å². The molecule has 0 saturated heterocycles. The summed E-state index contributed by atoms with van der Waals surface area (Å²) in [5.41, 5.74) is 13.8. The molecule has 0 saturated carbocycles. The number of hydrogen-bond acceptors (Lipinski definition) is 3. The van der Waals surface area contributed by atoms with Crippen molar-refractivity contribution >= 4 is 17.3 Å². The van der Waals surface area contributed by atoms with Crippen LogP contribution in [0.25, 0.3) is 0 Å². The molecule has 0 spiro atoms. The van der Waals surface area contributed by atoms with Crippen molar-refractivity contribution in [3.05, 3.63) is 23.8 Å². The molecule has 1 aliphatic rings. The predicted octanol–water partition coefficient (Wildman–Crippen LogP) is 0.611. The zero-order valence-electron chi connectivity index (χ0n) is 7.08. The number of carbonyl (C=O) groups is 1. The number of benzene rings is 1. The molecule has 1 heterocycles. The number of nitrogens with one attached hydrogen (secondary N) is 1. The molecule has 5 N–H and O–H groups in total. The minimum atomic E-state index is -0.229. The monoisotopic (exact) mass is 177 g/mol. The molecule has 13 heavy (non-hydrogen) atoms. The Morgan fingerprint density at radius 2 is 2.23 bits per heavy atom. The van der Waals surface area contributed by atoms with E-state index in [9.17, 15) is 4.79 Å². The molecule has 0 bridgehead atoms. The van der Waals surface area contributed by atoms with E-state index in [4.69, 9.17) is 11.5 Å². The van der Waals surface area contributed by atoms with E-state index in [1.165, 1.54) is 0 Å². The van der Waals surface area contributed by atoms with Gasteiger partial charge in [-0.1, -0.05) is 0 Å². The molecule has 1 atom stereocenters. The van der Waals surface area contributed by atoms with Gasteiger partial charge in [-0.3, -0.25) is 4.79 Å². The van der Waals surface area contributed by atoms with Crippen molar-refractivity contribution in [1.29, 1.82) is 0 Å². The zero-order valence-corrected chi connectivity index (χ0v) is 7.08. The van der Waals surface area contributed by atoms with E-state index < -0.39 is 0 Å². The van der Waals surface area contributed by atoms with Gasteiger partial charge >= 0.3 is 0 Å². The summed E-state index contributed by atoms with van der Waals surface area (Å²) in [7, 11) is 0. The van der Waals surface area contributed by atoms with Crippen molar-refractivity contribution in [2.45, 2.75) is 12.5 Å². The van der Waals surface area contributed by atoms with Crippen molar-refractivity contribution < 1.29 is 4.79 Å². The predicted molar refractivity (Wildman–Crippen MR) is 51.0 cm³/mol. The molecule has 1 amide bonds. The molecule has 1 aliphatic heterocycles. The van der Waals surface area contributed by atoms with Gasteiger partial charge in [0.25, 0.3) is 0 Å². The van der Waals surface area contributed by atoms with E-state index >= 15 is 0 Å². The van der Waals surface area contributed by atoms with Crippen LogP contribution in [0.4, 0.5) is 11.4 Å². The molecular weight excluding hydrogens is 166 g/mol. The molecule has 4 heteroatoms. The molecule has 1 aromatic carbocycles. The van der Waals surface area contributed by atoms with Gasteiger partial charge in [0.2, 0.25) is 5.91 Å². The molecule has 0 radical (unpaired) electrons. The zero-order chi connectivity index (χ0) is 9.42. The number of amides is 1. The lowest BCUT2D eigenvalue weighted by atomic mass is 9.98. The minimum Gasteiger partial charge on any atom is -0.399 e. The average Bonchev–Trinajstić information content (AvgIpc) is 2.06. The second-order valence-corrected chi connectivity index (χ2v) is 3.21. The van der Waals surface area contributed by atoms with Crippen LogP contribution in [0.2, 0.25) is 0 Å². The third-order valence-electron chi connectivity index (χ3n) is 2.15. The number of fused-ring (bicyclic) bond motifs is 1. The number of nitrogen functional groups attached to an aromatic ring is 1. The standard InChI is InChI=1S/C9H11N3O/c10-5-1-2-8-6(3-5)7(11)4-9(13)12-8/h1-3,7H,4,10-11H2,(H,12,13). The van der Waals surface area contributed by atoms with Gasteiger partial charge in [0.1, 0.15) is 0 Å². The van der Waals surface area contributed by atoms with E-state index in [0.717, 1.165) is 11.3 Å². The molecule has 4 nitrogen and oxygen atoms in total. The normalized spacial score (nSPS) is 20.7. The Morgan fingerprint density at radius 3 is 3.00 bits per heavy atom. The SMILES string of the molecule is Nc1ccc2c(c1)C(N)CC(=O)N2. The van der Waals surface area contributed by atoms with Crippen LogP contribution in [0.1, 0.15) is 18.0 Å². The van der Waals surface area contributed by atoms with Gasteiger partial charge in [0.15, 0.2) is 0 Å². The summed E-state index contributed by atoms with van der Waals surface area (Å²) in [5.74, 6) is -0.0372. The summed E-state index contributed by atoms with van der Waals surface area (Å²) in [5, 5.41) is 2.74. The first kappa shape index (κ1) is 8.07.